The molecule has 8 aromatic rings. The molecule has 12 rings (SSSR count). The van der Waals surface area contributed by atoms with Crippen LogP contribution in [0.5, 0.6) is 0 Å². The predicted molar refractivity (Wildman–Crippen MR) is 443 cm³/mol. The van der Waals surface area contributed by atoms with Gasteiger partial charge in [-0.3, -0.25) is 0 Å². The molecule has 102 heavy (non-hydrogen) atoms. The number of aromatic amines is 4. The number of fused-ring (bicyclic) bond motifs is 17. The average molecular weight is 1360 g/mol. The molecule has 8 heteroatoms. The van der Waals surface area contributed by atoms with Gasteiger partial charge in [0.15, 0.2) is 0 Å². The molecule has 4 aliphatic rings. The van der Waals surface area contributed by atoms with E-state index < -0.39 is 0 Å². The van der Waals surface area contributed by atoms with Crippen LogP contribution in [0.15, 0.2) is 97.1 Å². The van der Waals surface area contributed by atoms with Gasteiger partial charge in [-0.05, 0) is 195 Å². The molecule has 4 N–H and O–H groups in total. The number of unbranched alkanes of at least 4 members (excludes halogenated alkanes) is 32. The summed E-state index contributed by atoms with van der Waals surface area (Å²) in [6.07, 6.45) is 68.4. The van der Waals surface area contributed by atoms with E-state index in [9.17, 15) is 0 Å². The summed E-state index contributed by atoms with van der Waals surface area (Å²) >= 11 is 0. The zero-order chi connectivity index (χ0) is 69.9. The van der Waals surface area contributed by atoms with Gasteiger partial charge in [0, 0.05) is 77.5 Å². The predicted octanol–water partition coefficient (Wildman–Crippen LogP) is 28.4. The minimum Gasteiger partial charge on any atom is -0.355 e. The summed E-state index contributed by atoms with van der Waals surface area (Å²) in [5.74, 6) is 0. The molecule has 0 saturated carbocycles. The van der Waals surface area contributed by atoms with Crippen LogP contribution in [0.4, 0.5) is 0 Å². The largest absolute Gasteiger partial charge is 0.355 e. The number of rotatable bonds is 42. The number of H-pyrrole nitrogens is 4. The Balaban J connectivity index is 0.969. The van der Waals surface area contributed by atoms with Crippen LogP contribution in [0, 0.1) is 0 Å². The molecule has 0 unspecified atom stereocenters. The first-order valence-corrected chi connectivity index (χ1v) is 41.2. The topological polar surface area (TPSA) is 115 Å². The maximum atomic E-state index is 5.73. The SMILES string of the molecule is CCCCCCCCCCCc1c2nc(c(-c3ccc4ccc(-c5c6nc(c(CCCCCCCCCCC)c7ccc(cc8nc(c(CCCCCCCCCCC)c9ccc5[nH]9)C=C8)[nH]7)C=C6)cc4c3)c3ccc([nH]3)c(CCCCCCCCCCC)c3nc(cc4ccc1[nH]4)C=C3)C=C2. The van der Waals surface area contributed by atoms with Gasteiger partial charge < -0.3 is 19.9 Å². The van der Waals surface area contributed by atoms with Crippen molar-refractivity contribution >= 4 is 104 Å². The van der Waals surface area contributed by atoms with Crippen LogP contribution in [0.25, 0.3) is 126 Å². The summed E-state index contributed by atoms with van der Waals surface area (Å²) in [6, 6.07) is 36.8. The normalized spacial score (nSPS) is 12.5. The number of aryl methyl sites for hydroxylation is 4. The summed E-state index contributed by atoms with van der Waals surface area (Å²) in [6.45, 7) is 9.22. The molecular weight excluding hydrogens is 1240 g/mol. The third-order valence-electron chi connectivity index (χ3n) is 22.1. The minimum atomic E-state index is 0.956. The van der Waals surface area contributed by atoms with Gasteiger partial charge in [-0.1, -0.05) is 257 Å². The van der Waals surface area contributed by atoms with E-state index in [-0.39, 0.29) is 0 Å². The first kappa shape index (κ1) is 73.6. The number of nitrogens with zero attached hydrogens (tertiary/aromatic N) is 4. The lowest BCUT2D eigenvalue weighted by Gasteiger charge is -2.10. The van der Waals surface area contributed by atoms with Gasteiger partial charge in [0.05, 0.1) is 45.6 Å². The van der Waals surface area contributed by atoms with Crippen molar-refractivity contribution in [2.24, 2.45) is 0 Å². The van der Waals surface area contributed by atoms with Crippen molar-refractivity contribution in [3.05, 3.63) is 165 Å². The summed E-state index contributed by atoms with van der Waals surface area (Å²) in [5, 5.41) is 2.35. The van der Waals surface area contributed by atoms with Crippen molar-refractivity contribution in [1.29, 1.82) is 0 Å². The summed E-state index contributed by atoms with van der Waals surface area (Å²) in [7, 11) is 0. The number of hydrogen-bond acceptors (Lipinski definition) is 4. The van der Waals surface area contributed by atoms with Crippen molar-refractivity contribution in [3.63, 3.8) is 0 Å². The Morgan fingerprint density at radius 3 is 0.843 bits per heavy atom. The van der Waals surface area contributed by atoms with Gasteiger partial charge in [-0.15, -0.1) is 0 Å². The van der Waals surface area contributed by atoms with Crippen LogP contribution in [0.3, 0.4) is 0 Å². The molecule has 0 aliphatic carbocycles. The molecule has 0 fully saturated rings. The second kappa shape index (κ2) is 39.0. The Bertz CT molecular complexity index is 4190. The van der Waals surface area contributed by atoms with E-state index in [1.165, 1.54) is 238 Å². The van der Waals surface area contributed by atoms with Gasteiger partial charge in [-0.25, -0.2) is 19.9 Å². The molecule has 10 heterocycles. The Hall–Kier alpha value is -8.10. The number of nitrogens with one attached hydrogen (secondary N) is 4. The van der Waals surface area contributed by atoms with Gasteiger partial charge in [0.2, 0.25) is 0 Å². The Labute approximate surface area is 611 Å². The van der Waals surface area contributed by atoms with Crippen LogP contribution in [0.1, 0.15) is 327 Å². The fourth-order valence-corrected chi connectivity index (χ4v) is 16.2. The Morgan fingerprint density at radius 2 is 0.500 bits per heavy atom. The second-order valence-corrected chi connectivity index (χ2v) is 30.2. The van der Waals surface area contributed by atoms with E-state index in [0.717, 1.165) is 163 Å². The molecule has 0 atom stereocenters. The van der Waals surface area contributed by atoms with E-state index in [1.807, 2.05) is 0 Å². The van der Waals surface area contributed by atoms with Gasteiger partial charge in [0.1, 0.15) is 0 Å². The summed E-state index contributed by atoms with van der Waals surface area (Å²) in [4.78, 5) is 38.1. The molecule has 536 valence electrons. The molecule has 6 aromatic heterocycles. The molecule has 0 amide bonds. The highest BCUT2D eigenvalue weighted by atomic mass is 14.8. The highest BCUT2D eigenvalue weighted by Gasteiger charge is 2.20. The van der Waals surface area contributed by atoms with Crippen LogP contribution >= 0.6 is 0 Å². The van der Waals surface area contributed by atoms with Gasteiger partial charge in [0.25, 0.3) is 0 Å². The molecule has 2 aromatic carbocycles. The van der Waals surface area contributed by atoms with Crippen LogP contribution in [-0.4, -0.2) is 39.9 Å². The Kier molecular flexibility index (Phi) is 28.1. The zero-order valence-corrected chi connectivity index (χ0v) is 62.9. The second-order valence-electron chi connectivity index (χ2n) is 30.2. The lowest BCUT2D eigenvalue weighted by atomic mass is 9.96. The standard InChI is InChI=1S/C94H120N8/c1-5-9-13-17-21-25-29-33-37-41-77-81-53-49-73(95-81)67-74-50-54-82(96-74)78(42-38-34-30-26-22-18-14-10-6-2)86-58-62-90(100-86)93(89-61-57-85(77)99-89)70-47-45-69-46-48-71(66-72(69)65-70)94-91-63-59-87(101-91)79(43-39-35-31-27-23-19-15-11-7-3)83-55-51-75(97-83)68-76-52-56-84(98-76)80(88-60-64-92(94)102-88)44-40-36-32-28-24-20-16-12-8-4/h45-68,95,97,100,102H,5-44H2,1-4H3. The van der Waals surface area contributed by atoms with Crippen molar-refractivity contribution in [1.82, 2.24) is 39.9 Å². The molecule has 0 radical (unpaired) electrons. The first-order valence-electron chi connectivity index (χ1n) is 41.2. The third kappa shape index (κ3) is 20.2. The fraction of sp³-hybridized carbons (Fsp3) is 0.468. The maximum absolute atomic E-state index is 5.73. The molecular formula is C94H120N8. The number of hydrogen-bond donors (Lipinski definition) is 4. The average Bonchev–Trinajstić information content (AvgIpc) is 1.58. The highest BCUT2D eigenvalue weighted by Crippen LogP contribution is 2.39. The lowest BCUT2D eigenvalue weighted by Crippen LogP contribution is -1.94. The monoisotopic (exact) mass is 1360 g/mol. The van der Waals surface area contributed by atoms with E-state index >= 15 is 0 Å². The van der Waals surface area contributed by atoms with Gasteiger partial charge in [-0.2, -0.15) is 0 Å². The molecule has 8 nitrogen and oxygen atoms in total. The van der Waals surface area contributed by atoms with Crippen LogP contribution < -0.4 is 0 Å². The van der Waals surface area contributed by atoms with E-state index in [4.69, 9.17) is 19.9 Å². The maximum Gasteiger partial charge on any atom is 0.0737 e. The van der Waals surface area contributed by atoms with Crippen molar-refractivity contribution in [2.75, 3.05) is 0 Å². The minimum absolute atomic E-state index is 0.956. The van der Waals surface area contributed by atoms with Crippen molar-refractivity contribution in [3.8, 4) is 22.3 Å². The highest BCUT2D eigenvalue weighted by molar-refractivity contribution is 6.00. The van der Waals surface area contributed by atoms with Crippen LogP contribution in [0.2, 0.25) is 0 Å². The number of aromatic nitrogens is 8. The lowest BCUT2D eigenvalue weighted by molar-refractivity contribution is 0.565. The quantitative estimate of drug-likeness (QED) is 0.0285. The van der Waals surface area contributed by atoms with E-state index in [2.05, 4.69) is 193 Å². The molecule has 0 saturated heterocycles. The smallest absolute Gasteiger partial charge is 0.0737 e. The first-order chi connectivity index (χ1) is 50.4. The Morgan fingerprint density at radius 1 is 0.225 bits per heavy atom. The molecule has 16 bridgehead atoms. The van der Waals surface area contributed by atoms with Crippen LogP contribution in [-0.2, 0) is 25.7 Å². The molecule has 0 spiro atoms. The van der Waals surface area contributed by atoms with E-state index in [1.54, 1.807) is 0 Å². The summed E-state index contributed by atoms with van der Waals surface area (Å²) < 4.78 is 0. The van der Waals surface area contributed by atoms with Crippen molar-refractivity contribution in [2.45, 2.75) is 285 Å². The molecule has 4 aliphatic heterocycles. The third-order valence-corrected chi connectivity index (χ3v) is 22.1. The van der Waals surface area contributed by atoms with Crippen molar-refractivity contribution < 1.29 is 0 Å². The number of benzene rings is 2. The summed E-state index contributed by atoms with van der Waals surface area (Å²) in [5.41, 5.74) is 26.4. The van der Waals surface area contributed by atoms with E-state index in [0.29, 0.717) is 0 Å². The fourth-order valence-electron chi connectivity index (χ4n) is 16.2. The zero-order valence-electron chi connectivity index (χ0n) is 62.9. The van der Waals surface area contributed by atoms with Gasteiger partial charge >= 0.3 is 0 Å².